The predicted octanol–water partition coefficient (Wildman–Crippen LogP) is 0.535. The Bertz CT molecular complexity index is 288. The van der Waals surface area contributed by atoms with Crippen LogP contribution < -0.4 is 5.32 Å². The molecule has 1 aliphatic carbocycles. The van der Waals surface area contributed by atoms with E-state index in [1.54, 1.807) is 0 Å². The molecule has 16 heavy (non-hydrogen) atoms. The summed E-state index contributed by atoms with van der Waals surface area (Å²) in [5.74, 6) is -0.353. The van der Waals surface area contributed by atoms with E-state index in [9.17, 15) is 9.59 Å². The molecule has 2 aliphatic rings. The molecule has 2 atom stereocenters. The first kappa shape index (κ1) is 11.4. The number of aliphatic carboxylic acids is 1. The number of carboxylic acids is 1. The summed E-state index contributed by atoms with van der Waals surface area (Å²) in [6.07, 6.45) is 3.14. The van der Waals surface area contributed by atoms with Crippen molar-refractivity contribution in [3.63, 3.8) is 0 Å². The molecule has 0 bridgehead atoms. The van der Waals surface area contributed by atoms with Gasteiger partial charge in [0.25, 0.3) is 0 Å². The van der Waals surface area contributed by atoms with E-state index in [0.29, 0.717) is 19.4 Å². The van der Waals surface area contributed by atoms with Gasteiger partial charge in [0.15, 0.2) is 6.10 Å². The summed E-state index contributed by atoms with van der Waals surface area (Å²) in [6, 6.07) is 0. The highest BCUT2D eigenvalue weighted by Crippen LogP contribution is 2.31. The van der Waals surface area contributed by atoms with Gasteiger partial charge in [-0.1, -0.05) is 12.8 Å². The Morgan fingerprint density at radius 2 is 1.88 bits per heavy atom. The number of hydrogen-bond acceptors (Lipinski definition) is 3. The minimum absolute atomic E-state index is 0.163. The summed E-state index contributed by atoms with van der Waals surface area (Å²) in [5.41, 5.74) is 0. The van der Waals surface area contributed by atoms with Crippen molar-refractivity contribution in [1.82, 2.24) is 5.32 Å². The van der Waals surface area contributed by atoms with Crippen molar-refractivity contribution in [3.8, 4) is 0 Å². The molecule has 2 N–H and O–H groups in total. The van der Waals surface area contributed by atoms with Gasteiger partial charge in [-0.2, -0.15) is 0 Å². The van der Waals surface area contributed by atoms with E-state index in [0.717, 1.165) is 12.3 Å². The van der Waals surface area contributed by atoms with Crippen LogP contribution in [0.5, 0.6) is 0 Å². The zero-order chi connectivity index (χ0) is 11.5. The molecule has 2 fully saturated rings. The van der Waals surface area contributed by atoms with Gasteiger partial charge in [-0.3, -0.25) is 4.79 Å². The molecule has 0 spiro atoms. The molecule has 5 nitrogen and oxygen atoms in total. The Kier molecular flexibility index (Phi) is 3.43. The second-order valence-corrected chi connectivity index (χ2v) is 4.55. The molecule has 0 unspecified atom stereocenters. The smallest absolute Gasteiger partial charge is 0.332 e. The third-order valence-corrected chi connectivity index (χ3v) is 3.14. The van der Waals surface area contributed by atoms with Gasteiger partial charge in [-0.25, -0.2) is 4.79 Å². The van der Waals surface area contributed by atoms with Gasteiger partial charge in [-0.15, -0.1) is 0 Å². The third-order valence-electron chi connectivity index (χ3n) is 3.14. The molecule has 2 rings (SSSR count). The largest absolute Gasteiger partial charge is 0.479 e. The van der Waals surface area contributed by atoms with Gasteiger partial charge in [0.1, 0.15) is 6.10 Å². The van der Waals surface area contributed by atoms with Crippen LogP contribution in [0.15, 0.2) is 0 Å². The van der Waals surface area contributed by atoms with E-state index >= 15 is 0 Å². The van der Waals surface area contributed by atoms with E-state index in [4.69, 9.17) is 9.84 Å². The minimum atomic E-state index is -0.978. The highest BCUT2D eigenvalue weighted by molar-refractivity contribution is 5.82. The van der Waals surface area contributed by atoms with Crippen molar-refractivity contribution in [3.05, 3.63) is 0 Å². The van der Waals surface area contributed by atoms with Crippen molar-refractivity contribution in [2.75, 3.05) is 6.54 Å². The first-order valence-corrected chi connectivity index (χ1v) is 5.83. The van der Waals surface area contributed by atoms with Gasteiger partial charge in [-0.05, 0) is 25.2 Å². The average Bonchev–Trinajstić information content (AvgIpc) is 2.93. The standard InChI is InChI=1S/C11H17NO4/c13-10(12-6-5-7-1-2-7)8-3-4-9(16-8)11(14)15/h7-9H,1-6H2,(H,12,13)(H,14,15)/t8-,9+/m0/s1. The van der Waals surface area contributed by atoms with Crippen LogP contribution in [0.3, 0.4) is 0 Å². The highest BCUT2D eigenvalue weighted by atomic mass is 16.5. The van der Waals surface area contributed by atoms with Gasteiger partial charge in [0.2, 0.25) is 5.91 Å². The van der Waals surface area contributed by atoms with Crippen LogP contribution in [0.25, 0.3) is 0 Å². The molecule has 0 aromatic rings. The topological polar surface area (TPSA) is 75.6 Å². The SMILES string of the molecule is O=C(NCCC1CC1)[C@@H]1CC[C@H](C(=O)O)O1. The number of hydrogen-bond donors (Lipinski definition) is 2. The second-order valence-electron chi connectivity index (χ2n) is 4.55. The minimum Gasteiger partial charge on any atom is -0.479 e. The van der Waals surface area contributed by atoms with E-state index in [2.05, 4.69) is 5.32 Å². The maximum absolute atomic E-state index is 11.6. The zero-order valence-electron chi connectivity index (χ0n) is 9.15. The highest BCUT2D eigenvalue weighted by Gasteiger charge is 2.34. The van der Waals surface area contributed by atoms with Gasteiger partial charge < -0.3 is 15.2 Å². The zero-order valence-corrected chi connectivity index (χ0v) is 9.15. The van der Waals surface area contributed by atoms with Crippen LogP contribution in [0.2, 0.25) is 0 Å². The lowest BCUT2D eigenvalue weighted by Gasteiger charge is -2.11. The molecule has 1 amide bonds. The van der Waals surface area contributed by atoms with Crippen molar-refractivity contribution in [2.45, 2.75) is 44.3 Å². The molecule has 1 aliphatic heterocycles. The fourth-order valence-corrected chi connectivity index (χ4v) is 1.93. The van der Waals surface area contributed by atoms with Crippen molar-refractivity contribution in [2.24, 2.45) is 5.92 Å². The molecule has 1 heterocycles. The number of carbonyl (C=O) groups excluding carboxylic acids is 1. The molecule has 1 saturated carbocycles. The fourth-order valence-electron chi connectivity index (χ4n) is 1.93. The Balaban J connectivity index is 1.66. The third kappa shape index (κ3) is 2.95. The lowest BCUT2D eigenvalue weighted by molar-refractivity contribution is -0.151. The molecule has 5 heteroatoms. The number of ether oxygens (including phenoxy) is 1. The van der Waals surface area contributed by atoms with Crippen LogP contribution in [-0.2, 0) is 14.3 Å². The lowest BCUT2D eigenvalue weighted by atomic mass is 10.2. The molecular formula is C11H17NO4. The Hall–Kier alpha value is -1.10. The van der Waals surface area contributed by atoms with E-state index < -0.39 is 18.2 Å². The molecule has 0 radical (unpaired) electrons. The molecule has 90 valence electrons. The molecule has 0 aromatic heterocycles. The number of amides is 1. The Labute approximate surface area is 94.2 Å². The monoisotopic (exact) mass is 227 g/mol. The molecule has 1 saturated heterocycles. The maximum atomic E-state index is 11.6. The Morgan fingerprint density at radius 1 is 1.19 bits per heavy atom. The molecular weight excluding hydrogens is 210 g/mol. The van der Waals surface area contributed by atoms with Crippen LogP contribution in [-0.4, -0.2) is 35.7 Å². The van der Waals surface area contributed by atoms with Crippen LogP contribution in [0, 0.1) is 5.92 Å². The second kappa shape index (κ2) is 4.82. The van der Waals surface area contributed by atoms with Crippen molar-refractivity contribution < 1.29 is 19.4 Å². The summed E-state index contributed by atoms with van der Waals surface area (Å²) in [7, 11) is 0. The van der Waals surface area contributed by atoms with E-state index in [-0.39, 0.29) is 5.91 Å². The van der Waals surface area contributed by atoms with E-state index in [1.165, 1.54) is 12.8 Å². The normalized spacial score (nSPS) is 29.0. The van der Waals surface area contributed by atoms with E-state index in [1.807, 2.05) is 0 Å². The average molecular weight is 227 g/mol. The summed E-state index contributed by atoms with van der Waals surface area (Å²) < 4.78 is 5.15. The van der Waals surface area contributed by atoms with Crippen LogP contribution in [0.4, 0.5) is 0 Å². The van der Waals surface area contributed by atoms with Crippen molar-refractivity contribution >= 4 is 11.9 Å². The van der Waals surface area contributed by atoms with Gasteiger partial charge in [0.05, 0.1) is 0 Å². The van der Waals surface area contributed by atoms with Gasteiger partial charge in [0, 0.05) is 6.54 Å². The number of carboxylic acid groups (broad SMARTS) is 1. The first-order valence-electron chi connectivity index (χ1n) is 5.83. The number of rotatable bonds is 5. The summed E-state index contributed by atoms with van der Waals surface area (Å²) in [6.45, 7) is 0.682. The van der Waals surface area contributed by atoms with Crippen molar-refractivity contribution in [1.29, 1.82) is 0 Å². The lowest BCUT2D eigenvalue weighted by Crippen LogP contribution is -2.36. The maximum Gasteiger partial charge on any atom is 0.332 e. The first-order chi connectivity index (χ1) is 7.66. The number of carbonyl (C=O) groups is 2. The predicted molar refractivity (Wildman–Crippen MR) is 55.9 cm³/mol. The Morgan fingerprint density at radius 3 is 2.44 bits per heavy atom. The molecule has 0 aromatic carbocycles. The van der Waals surface area contributed by atoms with Gasteiger partial charge >= 0.3 is 5.97 Å². The number of nitrogens with one attached hydrogen (secondary N) is 1. The van der Waals surface area contributed by atoms with Crippen LogP contribution in [0.1, 0.15) is 32.1 Å². The summed E-state index contributed by atoms with van der Waals surface area (Å²) in [4.78, 5) is 22.2. The fraction of sp³-hybridized carbons (Fsp3) is 0.818. The summed E-state index contributed by atoms with van der Waals surface area (Å²) in [5, 5.41) is 11.5. The summed E-state index contributed by atoms with van der Waals surface area (Å²) >= 11 is 0. The van der Waals surface area contributed by atoms with Crippen LogP contribution >= 0.6 is 0 Å². The quantitative estimate of drug-likeness (QED) is 0.718.